The van der Waals surface area contributed by atoms with Crippen LogP contribution in [0, 0.1) is 0 Å². The monoisotopic (exact) mass is 276 g/mol. The van der Waals surface area contributed by atoms with Crippen molar-refractivity contribution in [2.75, 3.05) is 0 Å². The molecule has 0 amide bonds. The number of hydrogen-bond acceptors (Lipinski definition) is 2. The van der Waals surface area contributed by atoms with Gasteiger partial charge in [-0.25, -0.2) is 0 Å². The van der Waals surface area contributed by atoms with Crippen molar-refractivity contribution in [3.63, 3.8) is 0 Å². The molecular weight excluding hydrogens is 267 g/mol. The first kappa shape index (κ1) is 10.9. The van der Waals surface area contributed by atoms with Crippen molar-refractivity contribution < 1.29 is 25.8 Å². The normalized spacial score (nSPS) is 6.00. The van der Waals surface area contributed by atoms with Crippen LogP contribution in [0.3, 0.4) is 0 Å². The molecule has 0 unspecified atom stereocenters. The van der Waals surface area contributed by atoms with Crippen LogP contribution in [0.25, 0.3) is 0 Å². The van der Waals surface area contributed by atoms with Crippen molar-refractivity contribution in [2.24, 2.45) is 0 Å². The molecule has 0 radical (unpaired) electrons. The Hall–Kier alpha value is -0.0199. The molecule has 3 N–H and O–H groups in total. The summed E-state index contributed by atoms with van der Waals surface area (Å²) in [5.41, 5.74) is 0. The maximum atomic E-state index is 3.78. The Morgan fingerprint density at radius 1 is 0.875 bits per heavy atom. The molecule has 1 rings (SSSR count). The quantitative estimate of drug-likeness (QED) is 0.724. The molecule has 0 aliphatic rings. The van der Waals surface area contributed by atoms with E-state index in [0.29, 0.717) is 0 Å². The first-order chi connectivity index (χ1) is 3.00. The van der Waals surface area contributed by atoms with Crippen molar-refractivity contribution in [1.82, 2.24) is 11.1 Å². The summed E-state index contributed by atoms with van der Waals surface area (Å²) in [5.74, 6) is 0. The van der Waals surface area contributed by atoms with Gasteiger partial charge in [0.1, 0.15) is 0 Å². The number of rotatable bonds is 0. The molecule has 0 aromatic carbocycles. The third-order valence-electron chi connectivity index (χ3n) is 0.566. The second kappa shape index (κ2) is 6.98. The molecule has 0 aliphatic carbocycles. The molecule has 1 aromatic rings. The van der Waals surface area contributed by atoms with Crippen molar-refractivity contribution in [3.8, 4) is 0 Å². The van der Waals surface area contributed by atoms with E-state index in [2.05, 4.69) is 4.98 Å². The molecular formula is C5H8HfN2. The summed E-state index contributed by atoms with van der Waals surface area (Å²) in [6, 6.07) is 5.72. The Labute approximate surface area is 67.7 Å². The van der Waals surface area contributed by atoms with Crippen LogP contribution >= 0.6 is 0 Å². The van der Waals surface area contributed by atoms with E-state index < -0.39 is 0 Å². The van der Waals surface area contributed by atoms with Gasteiger partial charge in [0.25, 0.3) is 0 Å². The zero-order chi connectivity index (χ0) is 4.24. The topological polar surface area (TPSA) is 47.9 Å². The maximum Gasteiger partial charge on any atom is 0.0267 e. The van der Waals surface area contributed by atoms with E-state index in [1.54, 1.807) is 12.4 Å². The van der Waals surface area contributed by atoms with Crippen LogP contribution in [0.15, 0.2) is 30.6 Å². The van der Waals surface area contributed by atoms with Crippen LogP contribution in [-0.2, 0) is 25.8 Å². The van der Waals surface area contributed by atoms with Gasteiger partial charge in [-0.3, -0.25) is 4.98 Å². The van der Waals surface area contributed by atoms with Crippen LogP contribution in [0.2, 0.25) is 0 Å². The molecule has 0 fully saturated rings. The summed E-state index contributed by atoms with van der Waals surface area (Å²) in [5, 5.41) is 0. The SMILES string of the molecule is N.[Hf].c1ccncc1. The van der Waals surface area contributed by atoms with Gasteiger partial charge in [0.15, 0.2) is 0 Å². The van der Waals surface area contributed by atoms with Crippen LogP contribution in [0.5, 0.6) is 0 Å². The third-order valence-corrected chi connectivity index (χ3v) is 0.566. The molecule has 0 aliphatic heterocycles. The van der Waals surface area contributed by atoms with Gasteiger partial charge in [-0.2, -0.15) is 0 Å². The zero-order valence-corrected chi connectivity index (χ0v) is 8.13. The average molecular weight is 275 g/mol. The van der Waals surface area contributed by atoms with Gasteiger partial charge >= 0.3 is 0 Å². The van der Waals surface area contributed by atoms with Crippen molar-refractivity contribution in [1.29, 1.82) is 0 Å². The van der Waals surface area contributed by atoms with Crippen LogP contribution in [-0.4, -0.2) is 4.98 Å². The van der Waals surface area contributed by atoms with Gasteiger partial charge in [-0.15, -0.1) is 0 Å². The second-order valence-corrected chi connectivity index (χ2v) is 1.02. The van der Waals surface area contributed by atoms with E-state index in [0.717, 1.165) is 0 Å². The molecule has 42 valence electrons. The van der Waals surface area contributed by atoms with Crippen LogP contribution in [0.4, 0.5) is 0 Å². The summed E-state index contributed by atoms with van der Waals surface area (Å²) in [7, 11) is 0. The minimum absolute atomic E-state index is 0. The Balaban J connectivity index is 0. The molecule has 0 saturated heterocycles. The Bertz CT molecular complexity index is 82.4. The molecule has 8 heavy (non-hydrogen) atoms. The predicted octanol–water partition coefficient (Wildman–Crippen LogP) is 1.24. The van der Waals surface area contributed by atoms with E-state index in [1.165, 1.54) is 0 Å². The Morgan fingerprint density at radius 2 is 1.38 bits per heavy atom. The molecule has 1 aromatic heterocycles. The average Bonchev–Trinajstić information content (AvgIpc) is 1.72. The largest absolute Gasteiger partial charge is 0.344 e. The van der Waals surface area contributed by atoms with Crippen LogP contribution in [0.1, 0.15) is 0 Å². The van der Waals surface area contributed by atoms with E-state index in [9.17, 15) is 0 Å². The fraction of sp³-hybridized carbons (Fsp3) is 0. The standard InChI is InChI=1S/C5H5N.Hf.H3N/c1-2-4-6-5-3-1;;/h1-5H;;1H3. The van der Waals surface area contributed by atoms with Crippen LogP contribution < -0.4 is 6.15 Å². The summed E-state index contributed by atoms with van der Waals surface area (Å²) in [4.78, 5) is 3.78. The Kier molecular flexibility index (Phi) is 9.49. The maximum absolute atomic E-state index is 3.78. The molecule has 0 saturated carbocycles. The van der Waals surface area contributed by atoms with Crippen molar-refractivity contribution >= 4 is 0 Å². The number of nitrogens with zero attached hydrogens (tertiary/aromatic N) is 1. The summed E-state index contributed by atoms with van der Waals surface area (Å²) in [6.07, 6.45) is 3.50. The first-order valence-corrected chi connectivity index (χ1v) is 1.85. The number of aromatic nitrogens is 1. The van der Waals surface area contributed by atoms with E-state index >= 15 is 0 Å². The van der Waals surface area contributed by atoms with Gasteiger partial charge in [-0.05, 0) is 12.1 Å². The summed E-state index contributed by atoms with van der Waals surface area (Å²) in [6.45, 7) is 0. The third kappa shape index (κ3) is 4.15. The summed E-state index contributed by atoms with van der Waals surface area (Å²) >= 11 is 0. The van der Waals surface area contributed by atoms with Gasteiger partial charge in [0.05, 0.1) is 0 Å². The molecule has 2 nitrogen and oxygen atoms in total. The molecule has 1 heterocycles. The van der Waals surface area contributed by atoms with Gasteiger partial charge < -0.3 is 6.15 Å². The van der Waals surface area contributed by atoms with E-state index in [4.69, 9.17) is 0 Å². The first-order valence-electron chi connectivity index (χ1n) is 1.85. The smallest absolute Gasteiger partial charge is 0.0267 e. The second-order valence-electron chi connectivity index (χ2n) is 1.02. The molecule has 0 spiro atoms. The van der Waals surface area contributed by atoms with Crippen molar-refractivity contribution in [3.05, 3.63) is 30.6 Å². The van der Waals surface area contributed by atoms with Gasteiger partial charge in [-0.1, -0.05) is 6.07 Å². The van der Waals surface area contributed by atoms with Gasteiger partial charge in [0.2, 0.25) is 0 Å². The van der Waals surface area contributed by atoms with E-state index in [-0.39, 0.29) is 32.0 Å². The number of pyridine rings is 1. The minimum atomic E-state index is 0. The minimum Gasteiger partial charge on any atom is -0.344 e. The Morgan fingerprint density at radius 3 is 1.50 bits per heavy atom. The van der Waals surface area contributed by atoms with Gasteiger partial charge in [0, 0.05) is 38.2 Å². The molecule has 0 atom stereocenters. The zero-order valence-electron chi connectivity index (χ0n) is 4.54. The number of hydrogen-bond donors (Lipinski definition) is 1. The van der Waals surface area contributed by atoms with Crippen molar-refractivity contribution in [2.45, 2.75) is 0 Å². The van der Waals surface area contributed by atoms with E-state index in [1.807, 2.05) is 18.2 Å². The molecule has 3 heteroatoms. The predicted molar refractivity (Wildman–Crippen MR) is 29.3 cm³/mol. The fourth-order valence-electron chi connectivity index (χ4n) is 0.313. The summed E-state index contributed by atoms with van der Waals surface area (Å²) < 4.78 is 0. The fourth-order valence-corrected chi connectivity index (χ4v) is 0.313. The molecule has 0 bridgehead atoms.